The number of halogens is 2. The Bertz CT molecular complexity index is 471. The highest BCUT2D eigenvalue weighted by molar-refractivity contribution is 6.42. The molecule has 2 aliphatic rings. The van der Waals surface area contributed by atoms with Gasteiger partial charge >= 0.3 is 0 Å². The van der Waals surface area contributed by atoms with Gasteiger partial charge in [-0.25, -0.2) is 0 Å². The normalized spacial score (nSPS) is 29.8. The number of aliphatic hydroxyl groups excluding tert-OH is 1. The zero-order valence-electron chi connectivity index (χ0n) is 10.8. The predicted octanol–water partition coefficient (Wildman–Crippen LogP) is 3.39. The summed E-state index contributed by atoms with van der Waals surface area (Å²) in [7, 11) is 0. The van der Waals surface area contributed by atoms with Crippen LogP contribution in [0, 0.1) is 5.92 Å². The summed E-state index contributed by atoms with van der Waals surface area (Å²) in [6.45, 7) is 1.59. The molecule has 2 N–H and O–H groups in total. The number of aliphatic hydroxyl groups is 1. The predicted molar refractivity (Wildman–Crippen MR) is 79.0 cm³/mol. The lowest BCUT2D eigenvalue weighted by Gasteiger charge is -2.37. The van der Waals surface area contributed by atoms with Crippen molar-refractivity contribution in [3.05, 3.63) is 33.8 Å². The summed E-state index contributed by atoms with van der Waals surface area (Å²) in [6.07, 6.45) is 4.46. The Morgan fingerprint density at radius 2 is 1.84 bits per heavy atom. The molecule has 0 radical (unpaired) electrons. The molecule has 2 fully saturated rings. The van der Waals surface area contributed by atoms with Crippen LogP contribution in [0.5, 0.6) is 0 Å². The van der Waals surface area contributed by atoms with Crippen LogP contribution in [0.1, 0.15) is 31.2 Å². The molecule has 1 aromatic rings. The van der Waals surface area contributed by atoms with E-state index in [1.807, 2.05) is 12.1 Å². The van der Waals surface area contributed by atoms with Crippen LogP contribution >= 0.6 is 23.2 Å². The van der Waals surface area contributed by atoms with Gasteiger partial charge in [0.25, 0.3) is 0 Å². The molecule has 0 amide bonds. The number of rotatable bonds is 2. The van der Waals surface area contributed by atoms with Crippen LogP contribution in [-0.4, -0.2) is 24.3 Å². The molecule has 1 heterocycles. The van der Waals surface area contributed by atoms with Gasteiger partial charge in [0.1, 0.15) is 0 Å². The third kappa shape index (κ3) is 2.29. The first-order valence-electron chi connectivity index (χ1n) is 6.98. The van der Waals surface area contributed by atoms with Crippen molar-refractivity contribution in [1.29, 1.82) is 0 Å². The van der Waals surface area contributed by atoms with Gasteiger partial charge < -0.3 is 10.4 Å². The minimum Gasteiger partial charge on any atom is -0.391 e. The molecule has 0 aromatic heterocycles. The second-order valence-electron chi connectivity index (χ2n) is 5.82. The van der Waals surface area contributed by atoms with E-state index in [1.165, 1.54) is 18.4 Å². The lowest BCUT2D eigenvalue weighted by atomic mass is 9.67. The van der Waals surface area contributed by atoms with E-state index in [1.54, 1.807) is 0 Å². The van der Waals surface area contributed by atoms with Gasteiger partial charge in [-0.05, 0) is 30.5 Å². The third-order valence-electron chi connectivity index (χ3n) is 4.88. The molecule has 104 valence electrons. The van der Waals surface area contributed by atoms with Crippen LogP contribution in [0.2, 0.25) is 10.0 Å². The van der Waals surface area contributed by atoms with Crippen molar-refractivity contribution in [1.82, 2.24) is 5.32 Å². The average molecular weight is 300 g/mol. The van der Waals surface area contributed by atoms with E-state index in [-0.39, 0.29) is 17.4 Å². The monoisotopic (exact) mass is 299 g/mol. The number of hydrogen-bond acceptors (Lipinski definition) is 2. The summed E-state index contributed by atoms with van der Waals surface area (Å²) in [6, 6.07) is 5.97. The van der Waals surface area contributed by atoms with Gasteiger partial charge in [0.2, 0.25) is 0 Å². The summed E-state index contributed by atoms with van der Waals surface area (Å²) in [4.78, 5) is 0. The Morgan fingerprint density at radius 3 is 2.42 bits per heavy atom. The Balaban J connectivity index is 2.02. The maximum atomic E-state index is 10.3. The largest absolute Gasteiger partial charge is 0.391 e. The van der Waals surface area contributed by atoms with Gasteiger partial charge in [0.05, 0.1) is 16.1 Å². The smallest absolute Gasteiger partial charge is 0.0713 e. The standard InChI is InChI=1S/C15H19Cl2NO/c16-12-4-3-10(7-13(12)17)15(5-1-2-6-15)11-8-18-9-14(11)19/h3-4,7,11,14,18-19H,1-2,5-6,8-9H2/t11?,14-/m1/s1. The van der Waals surface area contributed by atoms with Crippen molar-refractivity contribution in [3.8, 4) is 0 Å². The molecule has 2 nitrogen and oxygen atoms in total. The molecule has 1 saturated carbocycles. The highest BCUT2D eigenvalue weighted by Gasteiger charge is 2.47. The fourth-order valence-corrected chi connectivity index (χ4v) is 4.21. The summed E-state index contributed by atoms with van der Waals surface area (Å²) >= 11 is 12.2. The van der Waals surface area contributed by atoms with Crippen LogP contribution < -0.4 is 5.32 Å². The zero-order chi connectivity index (χ0) is 13.5. The van der Waals surface area contributed by atoms with Gasteiger partial charge in [-0.15, -0.1) is 0 Å². The molecule has 0 bridgehead atoms. The van der Waals surface area contributed by atoms with Crippen molar-refractivity contribution in [2.24, 2.45) is 5.92 Å². The summed E-state index contributed by atoms with van der Waals surface area (Å²) in [5.74, 6) is 0.284. The van der Waals surface area contributed by atoms with E-state index in [9.17, 15) is 5.11 Å². The first kappa shape index (κ1) is 13.7. The van der Waals surface area contributed by atoms with Crippen molar-refractivity contribution in [3.63, 3.8) is 0 Å². The average Bonchev–Trinajstić information content (AvgIpc) is 3.02. The van der Waals surface area contributed by atoms with E-state index in [4.69, 9.17) is 23.2 Å². The lowest BCUT2D eigenvalue weighted by Crippen LogP contribution is -2.39. The number of hydrogen-bond donors (Lipinski definition) is 2. The van der Waals surface area contributed by atoms with Gasteiger partial charge in [-0.1, -0.05) is 42.1 Å². The first-order valence-corrected chi connectivity index (χ1v) is 7.73. The van der Waals surface area contributed by atoms with Gasteiger partial charge in [-0.2, -0.15) is 0 Å². The third-order valence-corrected chi connectivity index (χ3v) is 5.62. The second-order valence-corrected chi connectivity index (χ2v) is 6.64. The van der Waals surface area contributed by atoms with E-state index in [0.717, 1.165) is 19.4 Å². The Labute approximate surface area is 124 Å². The summed E-state index contributed by atoms with van der Waals surface area (Å²) in [5.41, 5.74) is 1.31. The molecule has 1 aliphatic heterocycles. The van der Waals surface area contributed by atoms with Crippen molar-refractivity contribution >= 4 is 23.2 Å². The number of benzene rings is 1. The molecule has 1 unspecified atom stereocenters. The zero-order valence-corrected chi connectivity index (χ0v) is 12.3. The number of β-amino-alcohol motifs (C(OH)–C–C–N with tert-alkyl or cyclic N) is 1. The topological polar surface area (TPSA) is 32.3 Å². The van der Waals surface area contributed by atoms with Crippen LogP contribution in [-0.2, 0) is 5.41 Å². The van der Waals surface area contributed by atoms with Gasteiger partial charge in [0, 0.05) is 24.4 Å². The van der Waals surface area contributed by atoms with Gasteiger partial charge in [0.15, 0.2) is 0 Å². The number of nitrogens with one attached hydrogen (secondary N) is 1. The maximum absolute atomic E-state index is 10.3. The van der Waals surface area contributed by atoms with Crippen LogP contribution in [0.4, 0.5) is 0 Å². The van der Waals surface area contributed by atoms with Gasteiger partial charge in [-0.3, -0.25) is 0 Å². The summed E-state index contributed by atoms with van der Waals surface area (Å²) in [5, 5.41) is 14.8. The molecule has 0 spiro atoms. The summed E-state index contributed by atoms with van der Waals surface area (Å²) < 4.78 is 0. The van der Waals surface area contributed by atoms with E-state index in [2.05, 4.69) is 11.4 Å². The fourth-order valence-electron chi connectivity index (χ4n) is 3.91. The van der Waals surface area contributed by atoms with Crippen LogP contribution in [0.3, 0.4) is 0 Å². The van der Waals surface area contributed by atoms with E-state index >= 15 is 0 Å². The molecule has 4 heteroatoms. The molecular weight excluding hydrogens is 281 g/mol. The highest BCUT2D eigenvalue weighted by Crippen LogP contribution is 2.49. The minimum atomic E-state index is -0.257. The molecule has 3 rings (SSSR count). The Hall–Kier alpha value is -0.280. The molecule has 1 saturated heterocycles. The SMILES string of the molecule is O[C@@H]1CNCC1C1(c2ccc(Cl)c(Cl)c2)CCCC1. The molecule has 2 atom stereocenters. The van der Waals surface area contributed by atoms with E-state index in [0.29, 0.717) is 16.6 Å². The van der Waals surface area contributed by atoms with Crippen LogP contribution in [0.15, 0.2) is 18.2 Å². The highest BCUT2D eigenvalue weighted by atomic mass is 35.5. The lowest BCUT2D eigenvalue weighted by molar-refractivity contribution is 0.0960. The van der Waals surface area contributed by atoms with Crippen molar-refractivity contribution in [2.75, 3.05) is 13.1 Å². The van der Waals surface area contributed by atoms with E-state index < -0.39 is 0 Å². The molecule has 1 aliphatic carbocycles. The Morgan fingerprint density at radius 1 is 1.11 bits per heavy atom. The first-order chi connectivity index (χ1) is 9.13. The minimum absolute atomic E-state index is 0.0666. The maximum Gasteiger partial charge on any atom is 0.0713 e. The quantitative estimate of drug-likeness (QED) is 0.877. The fraction of sp³-hybridized carbons (Fsp3) is 0.600. The molecule has 1 aromatic carbocycles. The molecular formula is C15H19Cl2NO. The van der Waals surface area contributed by atoms with Crippen molar-refractivity contribution < 1.29 is 5.11 Å². The molecule has 19 heavy (non-hydrogen) atoms. The van der Waals surface area contributed by atoms with Crippen LogP contribution in [0.25, 0.3) is 0 Å². The second kappa shape index (κ2) is 5.25. The Kier molecular flexibility index (Phi) is 3.78. The van der Waals surface area contributed by atoms with Crippen molar-refractivity contribution in [2.45, 2.75) is 37.2 Å².